The summed E-state index contributed by atoms with van der Waals surface area (Å²) in [5, 5.41) is 0. The zero-order valence-electron chi connectivity index (χ0n) is 13.1. The lowest BCUT2D eigenvalue weighted by atomic mass is 10.2. The summed E-state index contributed by atoms with van der Waals surface area (Å²) in [7, 11) is 0. The number of hydrogen-bond acceptors (Lipinski definition) is 5. The molecule has 24 heavy (non-hydrogen) atoms. The Labute approximate surface area is 154 Å². The summed E-state index contributed by atoms with van der Waals surface area (Å²) in [5.74, 6) is 2.84. The van der Waals surface area contributed by atoms with Gasteiger partial charge in [-0.15, -0.1) is 6.42 Å². The van der Waals surface area contributed by atoms with E-state index in [-0.39, 0.29) is 6.61 Å². The van der Waals surface area contributed by atoms with Crippen molar-refractivity contribution in [3.63, 3.8) is 0 Å². The molecule has 0 aliphatic heterocycles. The van der Waals surface area contributed by atoms with E-state index in [2.05, 4.69) is 33.5 Å². The first-order chi connectivity index (χ1) is 11.7. The lowest BCUT2D eigenvalue weighted by Crippen LogP contribution is -2.08. The van der Waals surface area contributed by atoms with Gasteiger partial charge in [-0.05, 0) is 47.7 Å². The highest BCUT2D eigenvalue weighted by molar-refractivity contribution is 14.1. The second kappa shape index (κ2) is 9.13. The van der Waals surface area contributed by atoms with Crippen LogP contribution in [-0.4, -0.2) is 24.2 Å². The molecule has 0 saturated carbocycles. The highest BCUT2D eigenvalue weighted by atomic mass is 127. The first-order valence-electron chi connectivity index (χ1n) is 7.24. The Morgan fingerprint density at radius 3 is 2.88 bits per heavy atom. The van der Waals surface area contributed by atoms with E-state index in [4.69, 9.17) is 20.6 Å². The molecule has 1 aromatic heterocycles. The van der Waals surface area contributed by atoms with Crippen molar-refractivity contribution in [3.8, 4) is 23.8 Å². The number of benzene rings is 1. The van der Waals surface area contributed by atoms with E-state index in [1.165, 1.54) is 0 Å². The van der Waals surface area contributed by atoms with E-state index >= 15 is 0 Å². The minimum Gasteiger partial charge on any atom is -0.490 e. The molecule has 0 bridgehead atoms. The maximum Gasteiger partial charge on any atom is 0.339 e. The second-order valence-electron chi connectivity index (χ2n) is 4.65. The predicted molar refractivity (Wildman–Crippen MR) is 98.0 cm³/mol. The fourth-order valence-corrected chi connectivity index (χ4v) is 2.68. The SMILES string of the molecule is C#CCOC(=O)c1cc(I)c(OCc2cccnc2)c(OCC)c1. The molecule has 0 aliphatic carbocycles. The van der Waals surface area contributed by atoms with Gasteiger partial charge in [0.25, 0.3) is 0 Å². The third-order valence-corrected chi connectivity index (χ3v) is 3.74. The van der Waals surface area contributed by atoms with Crippen LogP contribution in [0.5, 0.6) is 11.5 Å². The van der Waals surface area contributed by atoms with Gasteiger partial charge < -0.3 is 14.2 Å². The highest BCUT2D eigenvalue weighted by Crippen LogP contribution is 2.35. The van der Waals surface area contributed by atoms with Crippen molar-refractivity contribution in [2.75, 3.05) is 13.2 Å². The van der Waals surface area contributed by atoms with E-state index in [0.717, 1.165) is 9.13 Å². The Hall–Kier alpha value is -2.27. The van der Waals surface area contributed by atoms with Crippen molar-refractivity contribution >= 4 is 28.6 Å². The largest absolute Gasteiger partial charge is 0.490 e. The van der Waals surface area contributed by atoms with Crippen LogP contribution in [-0.2, 0) is 11.3 Å². The maximum atomic E-state index is 12.0. The Morgan fingerprint density at radius 1 is 1.38 bits per heavy atom. The Morgan fingerprint density at radius 2 is 2.21 bits per heavy atom. The van der Waals surface area contributed by atoms with Crippen molar-refractivity contribution in [3.05, 3.63) is 51.4 Å². The molecule has 0 amide bonds. The number of nitrogens with zero attached hydrogens (tertiary/aromatic N) is 1. The lowest BCUT2D eigenvalue weighted by molar-refractivity contribution is 0.0556. The fraction of sp³-hybridized carbons (Fsp3) is 0.222. The van der Waals surface area contributed by atoms with Gasteiger partial charge in [0, 0.05) is 18.0 Å². The summed E-state index contributed by atoms with van der Waals surface area (Å²) in [6.45, 7) is 2.59. The van der Waals surface area contributed by atoms with Gasteiger partial charge in [0.1, 0.15) is 6.61 Å². The number of ether oxygens (including phenoxy) is 3. The maximum absolute atomic E-state index is 12.0. The van der Waals surface area contributed by atoms with Crippen molar-refractivity contribution in [2.24, 2.45) is 0 Å². The van der Waals surface area contributed by atoms with Crippen LogP contribution in [0.4, 0.5) is 0 Å². The van der Waals surface area contributed by atoms with Crippen LogP contribution in [0.15, 0.2) is 36.7 Å². The molecule has 1 heterocycles. The van der Waals surface area contributed by atoms with Crippen molar-refractivity contribution in [1.82, 2.24) is 4.98 Å². The normalized spacial score (nSPS) is 9.88. The monoisotopic (exact) mass is 437 g/mol. The predicted octanol–water partition coefficient (Wildman–Crippen LogP) is 3.45. The zero-order chi connectivity index (χ0) is 17.4. The average Bonchev–Trinajstić information content (AvgIpc) is 2.60. The van der Waals surface area contributed by atoms with Crippen LogP contribution >= 0.6 is 22.6 Å². The van der Waals surface area contributed by atoms with Crippen molar-refractivity contribution < 1.29 is 19.0 Å². The molecule has 5 nitrogen and oxygen atoms in total. The molecule has 0 radical (unpaired) electrons. The van der Waals surface area contributed by atoms with Gasteiger partial charge in [-0.25, -0.2) is 4.79 Å². The number of carbonyl (C=O) groups is 1. The van der Waals surface area contributed by atoms with Crippen LogP contribution in [0.25, 0.3) is 0 Å². The van der Waals surface area contributed by atoms with E-state index in [9.17, 15) is 4.79 Å². The Bertz CT molecular complexity index is 741. The minimum absolute atomic E-state index is 0.0708. The number of halogens is 1. The number of pyridine rings is 1. The summed E-state index contributed by atoms with van der Waals surface area (Å²) >= 11 is 2.10. The van der Waals surface area contributed by atoms with Gasteiger partial charge in [-0.2, -0.15) is 0 Å². The molecule has 0 unspecified atom stereocenters. The van der Waals surface area contributed by atoms with E-state index < -0.39 is 5.97 Å². The molecule has 2 rings (SSSR count). The quantitative estimate of drug-likeness (QED) is 0.378. The van der Waals surface area contributed by atoms with Crippen LogP contribution in [0.3, 0.4) is 0 Å². The molecule has 0 fully saturated rings. The molecule has 0 N–H and O–H groups in total. The van der Waals surface area contributed by atoms with Gasteiger partial charge in [-0.3, -0.25) is 4.98 Å². The van der Waals surface area contributed by atoms with Crippen LogP contribution < -0.4 is 9.47 Å². The third kappa shape index (κ3) is 4.86. The molecule has 124 valence electrons. The molecule has 2 aromatic rings. The standard InChI is InChI=1S/C18H16INO4/c1-3-8-23-18(21)14-9-15(19)17(16(10-14)22-4-2)24-12-13-6-5-7-20-11-13/h1,5-7,9-11H,4,8,12H2,2H3. The topological polar surface area (TPSA) is 57.7 Å². The van der Waals surface area contributed by atoms with Gasteiger partial charge in [0.05, 0.1) is 15.7 Å². The summed E-state index contributed by atoms with van der Waals surface area (Å²) in [6.07, 6.45) is 8.54. The average molecular weight is 437 g/mol. The van der Waals surface area contributed by atoms with Crippen molar-refractivity contribution in [1.29, 1.82) is 0 Å². The second-order valence-corrected chi connectivity index (χ2v) is 5.81. The van der Waals surface area contributed by atoms with Gasteiger partial charge in [0.15, 0.2) is 18.1 Å². The number of rotatable bonds is 7. The first kappa shape index (κ1) is 18.1. The van der Waals surface area contributed by atoms with Crippen LogP contribution in [0.1, 0.15) is 22.8 Å². The van der Waals surface area contributed by atoms with Crippen LogP contribution in [0.2, 0.25) is 0 Å². The smallest absolute Gasteiger partial charge is 0.339 e. The lowest BCUT2D eigenvalue weighted by Gasteiger charge is -2.15. The fourth-order valence-electron chi connectivity index (χ4n) is 1.92. The Balaban J connectivity index is 2.23. The molecule has 0 saturated heterocycles. The van der Waals surface area contributed by atoms with E-state index in [0.29, 0.717) is 30.3 Å². The van der Waals surface area contributed by atoms with E-state index in [1.807, 2.05) is 19.1 Å². The van der Waals surface area contributed by atoms with Crippen molar-refractivity contribution in [2.45, 2.75) is 13.5 Å². The molecule has 1 aromatic carbocycles. The summed E-state index contributed by atoms with van der Waals surface area (Å²) in [5.41, 5.74) is 1.31. The van der Waals surface area contributed by atoms with Gasteiger partial charge in [-0.1, -0.05) is 12.0 Å². The van der Waals surface area contributed by atoms with Crippen LogP contribution in [0, 0.1) is 15.9 Å². The zero-order valence-corrected chi connectivity index (χ0v) is 15.3. The summed E-state index contributed by atoms with van der Waals surface area (Å²) < 4.78 is 17.2. The van der Waals surface area contributed by atoms with Gasteiger partial charge in [0.2, 0.25) is 0 Å². The summed E-state index contributed by atoms with van der Waals surface area (Å²) in [4.78, 5) is 16.0. The molecule has 6 heteroatoms. The Kier molecular flexibility index (Phi) is 6.88. The number of esters is 1. The number of carbonyl (C=O) groups excluding carboxylic acids is 1. The molecule has 0 atom stereocenters. The molecular weight excluding hydrogens is 421 g/mol. The number of hydrogen-bond donors (Lipinski definition) is 0. The number of aromatic nitrogens is 1. The van der Waals surface area contributed by atoms with Gasteiger partial charge >= 0.3 is 5.97 Å². The molecule has 0 spiro atoms. The van der Waals surface area contributed by atoms with E-state index in [1.54, 1.807) is 24.5 Å². The number of terminal acetylenes is 1. The first-order valence-corrected chi connectivity index (χ1v) is 8.32. The minimum atomic E-state index is -0.495. The molecule has 0 aliphatic rings. The third-order valence-electron chi connectivity index (χ3n) is 2.94. The highest BCUT2D eigenvalue weighted by Gasteiger charge is 2.17. The summed E-state index contributed by atoms with van der Waals surface area (Å²) in [6, 6.07) is 7.05. The molecular formula is C18H16INO4.